The number of carboxylic acid groups (broad SMARTS) is 1. The van der Waals surface area contributed by atoms with E-state index in [1.165, 1.54) is 4.90 Å². The van der Waals surface area contributed by atoms with Gasteiger partial charge in [0, 0.05) is 16.8 Å². The number of likely N-dealkylation sites (N-methyl/N-ethyl adjacent to an activating group) is 1. The fourth-order valence-corrected chi connectivity index (χ4v) is 2.86. The Hall–Kier alpha value is -2.14. The lowest BCUT2D eigenvalue weighted by atomic mass is 10.1. The van der Waals surface area contributed by atoms with Gasteiger partial charge in [-0.15, -0.1) is 0 Å². The second kappa shape index (κ2) is 5.33. The molecular weight excluding hydrogens is 266 g/mol. The molecule has 0 aliphatic carbocycles. The maximum Gasteiger partial charge on any atom is 0.335 e. The molecule has 110 valence electrons. The maximum absolute atomic E-state index is 11.2. The molecule has 2 heterocycles. The molecule has 0 radical (unpaired) electrons. The summed E-state index contributed by atoms with van der Waals surface area (Å²) in [6.45, 7) is 6.15. The number of aromatic carboxylic acids is 1. The molecule has 2 N–H and O–H groups in total. The van der Waals surface area contributed by atoms with E-state index in [4.69, 9.17) is 0 Å². The van der Waals surface area contributed by atoms with Crippen LogP contribution in [0.1, 0.15) is 16.1 Å². The number of hydrogen-bond acceptors (Lipinski definition) is 3. The van der Waals surface area contributed by atoms with Gasteiger partial charge in [-0.2, -0.15) is 0 Å². The minimum atomic E-state index is -0.897. The van der Waals surface area contributed by atoms with Crippen LogP contribution in [0.3, 0.4) is 0 Å². The number of piperazine rings is 1. The lowest BCUT2D eigenvalue weighted by Crippen LogP contribution is -3.12. The molecule has 3 rings (SSSR count). The Morgan fingerprint density at radius 3 is 2.67 bits per heavy atom. The summed E-state index contributed by atoms with van der Waals surface area (Å²) < 4.78 is 0. The summed E-state index contributed by atoms with van der Waals surface area (Å²) in [5, 5.41) is 10.1. The summed E-state index contributed by atoms with van der Waals surface area (Å²) in [5.41, 5.74) is 3.25. The van der Waals surface area contributed by atoms with E-state index in [0.29, 0.717) is 5.56 Å². The van der Waals surface area contributed by atoms with E-state index in [1.54, 1.807) is 18.2 Å². The molecule has 21 heavy (non-hydrogen) atoms. The molecule has 0 unspecified atom stereocenters. The summed E-state index contributed by atoms with van der Waals surface area (Å²) in [6, 6.07) is 7.23. The van der Waals surface area contributed by atoms with Gasteiger partial charge in [0.05, 0.1) is 44.3 Å². The molecular formula is C16H20N3O2+. The summed E-state index contributed by atoms with van der Waals surface area (Å²) in [4.78, 5) is 19.6. The van der Waals surface area contributed by atoms with Crippen molar-refractivity contribution in [3.63, 3.8) is 0 Å². The second-order valence-electron chi connectivity index (χ2n) is 5.76. The van der Waals surface area contributed by atoms with E-state index in [2.05, 4.69) is 23.0 Å². The normalized spacial score (nSPS) is 16.4. The molecule has 0 atom stereocenters. The number of rotatable bonds is 2. The van der Waals surface area contributed by atoms with Gasteiger partial charge < -0.3 is 14.9 Å². The smallest absolute Gasteiger partial charge is 0.335 e. The van der Waals surface area contributed by atoms with Crippen molar-refractivity contribution in [3.8, 4) is 0 Å². The first-order valence-corrected chi connectivity index (χ1v) is 7.25. The number of aryl methyl sites for hydroxylation is 1. The third kappa shape index (κ3) is 2.69. The van der Waals surface area contributed by atoms with Crippen molar-refractivity contribution in [2.75, 3.05) is 38.1 Å². The van der Waals surface area contributed by atoms with Crippen molar-refractivity contribution >= 4 is 22.6 Å². The molecule has 1 aliphatic rings. The number of hydrogen-bond donors (Lipinski definition) is 2. The monoisotopic (exact) mass is 286 g/mol. The highest BCUT2D eigenvalue weighted by Gasteiger charge is 2.20. The van der Waals surface area contributed by atoms with Crippen molar-refractivity contribution in [1.29, 1.82) is 0 Å². The first kappa shape index (κ1) is 13.8. The number of quaternary nitrogens is 1. The van der Waals surface area contributed by atoms with Crippen molar-refractivity contribution in [2.45, 2.75) is 6.92 Å². The highest BCUT2D eigenvalue weighted by molar-refractivity contribution is 5.98. The van der Waals surface area contributed by atoms with Crippen LogP contribution in [0, 0.1) is 6.92 Å². The van der Waals surface area contributed by atoms with Crippen LogP contribution in [0.5, 0.6) is 0 Å². The Morgan fingerprint density at radius 2 is 2.00 bits per heavy atom. The van der Waals surface area contributed by atoms with Crippen molar-refractivity contribution in [1.82, 2.24) is 4.98 Å². The molecule has 1 fully saturated rings. The molecule has 5 heteroatoms. The van der Waals surface area contributed by atoms with Gasteiger partial charge in [0.1, 0.15) is 0 Å². The fraction of sp³-hybridized carbons (Fsp3) is 0.375. The van der Waals surface area contributed by atoms with Crippen LogP contribution in [0.15, 0.2) is 24.3 Å². The van der Waals surface area contributed by atoms with E-state index in [1.807, 2.05) is 6.92 Å². The summed E-state index contributed by atoms with van der Waals surface area (Å²) in [6.07, 6.45) is 0. The summed E-state index contributed by atoms with van der Waals surface area (Å²) >= 11 is 0. The zero-order valence-electron chi connectivity index (χ0n) is 12.4. The van der Waals surface area contributed by atoms with Gasteiger partial charge in [0.2, 0.25) is 0 Å². The number of nitrogens with one attached hydrogen (secondary N) is 1. The third-order valence-electron chi connectivity index (χ3n) is 4.12. The Balaban J connectivity index is 2.11. The van der Waals surface area contributed by atoms with E-state index < -0.39 is 5.97 Å². The topological polar surface area (TPSA) is 57.9 Å². The second-order valence-corrected chi connectivity index (χ2v) is 5.76. The number of benzene rings is 1. The Labute approximate surface area is 123 Å². The number of fused-ring (bicyclic) bond motifs is 1. The zero-order valence-corrected chi connectivity index (χ0v) is 12.4. The molecule has 0 spiro atoms. The van der Waals surface area contributed by atoms with Crippen LogP contribution in [-0.2, 0) is 0 Å². The average molecular weight is 286 g/mol. The van der Waals surface area contributed by atoms with Crippen LogP contribution in [0.2, 0.25) is 0 Å². The van der Waals surface area contributed by atoms with Gasteiger partial charge in [-0.1, -0.05) is 0 Å². The van der Waals surface area contributed by atoms with Crippen LogP contribution >= 0.6 is 0 Å². The van der Waals surface area contributed by atoms with Crippen molar-refractivity contribution in [2.24, 2.45) is 0 Å². The van der Waals surface area contributed by atoms with Gasteiger partial charge in [0.15, 0.2) is 0 Å². The van der Waals surface area contributed by atoms with E-state index in [-0.39, 0.29) is 0 Å². The molecule has 5 nitrogen and oxygen atoms in total. The van der Waals surface area contributed by atoms with Crippen LogP contribution < -0.4 is 9.80 Å². The van der Waals surface area contributed by atoms with Gasteiger partial charge in [-0.05, 0) is 31.2 Å². The van der Waals surface area contributed by atoms with Gasteiger partial charge in [-0.25, -0.2) is 4.79 Å². The molecule has 0 saturated carbocycles. The number of nitrogens with zero attached hydrogens (tertiary/aromatic N) is 2. The Morgan fingerprint density at radius 1 is 1.29 bits per heavy atom. The molecule has 0 amide bonds. The van der Waals surface area contributed by atoms with Crippen molar-refractivity contribution < 1.29 is 14.8 Å². The third-order valence-corrected chi connectivity index (χ3v) is 4.12. The van der Waals surface area contributed by atoms with E-state index in [9.17, 15) is 9.90 Å². The maximum atomic E-state index is 11.2. The molecule has 2 aromatic rings. The Kier molecular flexibility index (Phi) is 3.51. The highest BCUT2D eigenvalue weighted by atomic mass is 16.4. The predicted molar refractivity (Wildman–Crippen MR) is 82.3 cm³/mol. The van der Waals surface area contributed by atoms with E-state index >= 15 is 0 Å². The quantitative estimate of drug-likeness (QED) is 0.848. The molecule has 1 aromatic heterocycles. The lowest BCUT2D eigenvalue weighted by molar-refractivity contribution is -0.880. The number of carboxylic acids is 1. The van der Waals surface area contributed by atoms with Crippen LogP contribution in [0.4, 0.5) is 5.69 Å². The Bertz CT molecular complexity index is 691. The van der Waals surface area contributed by atoms with Gasteiger partial charge >= 0.3 is 5.97 Å². The number of aromatic nitrogens is 1. The SMILES string of the molecule is Cc1cc(N2CC[NH+](C)CC2)c2cc(C(=O)O)ccc2n1. The molecule has 1 aromatic carbocycles. The summed E-state index contributed by atoms with van der Waals surface area (Å²) in [5.74, 6) is -0.897. The van der Waals surface area contributed by atoms with Crippen LogP contribution in [-0.4, -0.2) is 49.3 Å². The average Bonchev–Trinajstić information content (AvgIpc) is 2.46. The molecule has 0 bridgehead atoms. The van der Waals surface area contributed by atoms with Gasteiger partial charge in [-0.3, -0.25) is 4.98 Å². The first-order valence-electron chi connectivity index (χ1n) is 7.25. The predicted octanol–water partition coefficient (Wildman–Crippen LogP) is 0.576. The summed E-state index contributed by atoms with van der Waals surface area (Å²) in [7, 11) is 2.20. The first-order chi connectivity index (χ1) is 10.0. The van der Waals surface area contributed by atoms with Gasteiger partial charge in [0.25, 0.3) is 0 Å². The number of carbonyl (C=O) groups is 1. The van der Waals surface area contributed by atoms with Crippen molar-refractivity contribution in [3.05, 3.63) is 35.5 Å². The zero-order chi connectivity index (χ0) is 15.0. The lowest BCUT2D eigenvalue weighted by Gasteiger charge is -2.32. The minimum Gasteiger partial charge on any atom is -0.478 e. The number of anilines is 1. The van der Waals surface area contributed by atoms with Crippen LogP contribution in [0.25, 0.3) is 10.9 Å². The molecule has 1 aliphatic heterocycles. The standard InChI is InChI=1S/C16H19N3O2/c1-11-9-15(19-7-5-18(2)6-8-19)13-10-12(16(20)21)3-4-14(13)17-11/h3-4,9-10H,5-8H2,1-2H3,(H,20,21)/p+1. The molecule has 1 saturated heterocycles. The highest BCUT2D eigenvalue weighted by Crippen LogP contribution is 2.28. The van der Waals surface area contributed by atoms with E-state index in [0.717, 1.165) is 48.5 Å². The number of pyridine rings is 1. The largest absolute Gasteiger partial charge is 0.478 e. The minimum absolute atomic E-state index is 0.314. The fourth-order valence-electron chi connectivity index (χ4n) is 2.86.